The third-order valence-corrected chi connectivity index (χ3v) is 3.14. The number of aromatic hydroxyl groups is 1. The molecule has 0 unspecified atom stereocenters. The molecule has 0 saturated heterocycles. The molecule has 0 radical (unpaired) electrons. The lowest BCUT2D eigenvalue weighted by Crippen LogP contribution is -2.02. The van der Waals surface area contributed by atoms with E-state index in [0.29, 0.717) is 5.56 Å². The molecule has 0 aliphatic rings. The average Bonchev–Trinajstić information content (AvgIpc) is 2.15. The number of hydrogen-bond acceptors (Lipinski definition) is 5. The Hall–Kier alpha value is -1.29. The van der Waals surface area contributed by atoms with Gasteiger partial charge in [-0.2, -0.15) is 5.26 Å². The van der Waals surface area contributed by atoms with Gasteiger partial charge >= 0.3 is 0 Å². The molecule has 1 aromatic carbocycles. The number of benzene rings is 1. The van der Waals surface area contributed by atoms with Crippen LogP contribution in [0.5, 0.6) is 5.75 Å². The van der Waals surface area contributed by atoms with Gasteiger partial charge in [-0.25, -0.2) is 8.42 Å². The summed E-state index contributed by atoms with van der Waals surface area (Å²) in [6, 6.07) is 3.91. The van der Waals surface area contributed by atoms with E-state index in [2.05, 4.69) is 0 Å². The first-order valence-corrected chi connectivity index (χ1v) is 6.11. The Kier molecular flexibility index (Phi) is 3.19. The van der Waals surface area contributed by atoms with Gasteiger partial charge < -0.3 is 10.8 Å². The molecule has 0 aromatic heterocycles. The zero-order chi connectivity index (χ0) is 11.6. The van der Waals surface area contributed by atoms with Gasteiger partial charge in [0.2, 0.25) is 0 Å². The second-order valence-electron chi connectivity index (χ2n) is 2.73. The summed E-state index contributed by atoms with van der Waals surface area (Å²) in [6.45, 7) is -0.0113. The van der Waals surface area contributed by atoms with E-state index in [0.717, 1.165) is 12.1 Å². The molecule has 0 aliphatic heterocycles. The van der Waals surface area contributed by atoms with Crippen molar-refractivity contribution in [1.29, 1.82) is 5.26 Å². The Labute approximate surface area is 91.1 Å². The highest BCUT2D eigenvalue weighted by Gasteiger charge is 2.18. The molecule has 0 saturated carbocycles. The van der Waals surface area contributed by atoms with Gasteiger partial charge in [-0.1, -0.05) is 0 Å². The number of phenols is 1. The maximum atomic E-state index is 11.0. The largest absolute Gasteiger partial charge is 0.506 e. The number of hydrogen-bond donors (Lipinski definition) is 2. The minimum absolute atomic E-state index is 0.0113. The molecule has 0 heterocycles. The maximum Gasteiger partial charge on any atom is 0.264 e. The SMILES string of the molecule is N#Cc1cc(O)c(S(=O)(=O)Cl)cc1CN. The summed E-state index contributed by atoms with van der Waals surface area (Å²) in [7, 11) is 1.04. The van der Waals surface area contributed by atoms with E-state index in [-0.39, 0.29) is 12.1 Å². The van der Waals surface area contributed by atoms with Gasteiger partial charge in [-0.05, 0) is 17.7 Å². The summed E-state index contributed by atoms with van der Waals surface area (Å²) >= 11 is 0. The van der Waals surface area contributed by atoms with E-state index >= 15 is 0 Å². The number of halogens is 1. The lowest BCUT2D eigenvalue weighted by Gasteiger charge is -2.05. The van der Waals surface area contributed by atoms with Crippen molar-refractivity contribution in [2.75, 3.05) is 0 Å². The smallest absolute Gasteiger partial charge is 0.264 e. The van der Waals surface area contributed by atoms with E-state index in [1.54, 1.807) is 6.07 Å². The van der Waals surface area contributed by atoms with Gasteiger partial charge in [0.1, 0.15) is 10.6 Å². The van der Waals surface area contributed by atoms with Crippen molar-refractivity contribution in [3.05, 3.63) is 23.3 Å². The number of nitrogens with two attached hydrogens (primary N) is 1. The minimum Gasteiger partial charge on any atom is -0.506 e. The fourth-order valence-corrected chi connectivity index (χ4v) is 2.04. The molecule has 0 aliphatic carbocycles. The Morgan fingerprint density at radius 3 is 2.53 bits per heavy atom. The van der Waals surface area contributed by atoms with E-state index in [1.165, 1.54) is 0 Å². The molecule has 0 fully saturated rings. The zero-order valence-electron chi connectivity index (χ0n) is 7.44. The summed E-state index contributed by atoms with van der Waals surface area (Å²) in [5, 5.41) is 18.0. The quantitative estimate of drug-likeness (QED) is 0.746. The molecular formula is C8H7ClN2O3S. The molecular weight excluding hydrogens is 240 g/mol. The molecule has 0 atom stereocenters. The van der Waals surface area contributed by atoms with Gasteiger partial charge in [0.25, 0.3) is 9.05 Å². The van der Waals surface area contributed by atoms with Crippen LogP contribution in [0.25, 0.3) is 0 Å². The van der Waals surface area contributed by atoms with E-state index in [4.69, 9.17) is 21.7 Å². The summed E-state index contributed by atoms with van der Waals surface area (Å²) in [5.74, 6) is -0.557. The summed E-state index contributed by atoms with van der Waals surface area (Å²) in [6.07, 6.45) is 0. The molecule has 0 bridgehead atoms. The third-order valence-electron chi connectivity index (χ3n) is 1.79. The van der Waals surface area contributed by atoms with Crippen LogP contribution in [0.1, 0.15) is 11.1 Å². The van der Waals surface area contributed by atoms with Crippen molar-refractivity contribution in [2.45, 2.75) is 11.4 Å². The fourth-order valence-electron chi connectivity index (χ4n) is 1.08. The van der Waals surface area contributed by atoms with Crippen LogP contribution in [-0.2, 0) is 15.6 Å². The van der Waals surface area contributed by atoms with Crippen molar-refractivity contribution < 1.29 is 13.5 Å². The normalized spacial score (nSPS) is 11.0. The lowest BCUT2D eigenvalue weighted by atomic mass is 10.1. The molecule has 7 heteroatoms. The van der Waals surface area contributed by atoms with Crippen LogP contribution >= 0.6 is 10.7 Å². The van der Waals surface area contributed by atoms with Crippen LogP contribution in [0, 0.1) is 11.3 Å². The Morgan fingerprint density at radius 2 is 2.13 bits per heavy atom. The lowest BCUT2D eigenvalue weighted by molar-refractivity contribution is 0.459. The molecule has 1 rings (SSSR count). The van der Waals surface area contributed by atoms with Crippen LogP contribution in [0.15, 0.2) is 17.0 Å². The van der Waals surface area contributed by atoms with Crippen molar-refractivity contribution in [2.24, 2.45) is 5.73 Å². The highest BCUT2D eigenvalue weighted by atomic mass is 35.7. The second-order valence-corrected chi connectivity index (χ2v) is 5.27. The van der Waals surface area contributed by atoms with Gasteiger partial charge in [0.15, 0.2) is 0 Å². The number of phenolic OH excluding ortho intramolecular Hbond substituents is 1. The maximum absolute atomic E-state index is 11.0. The molecule has 80 valence electrons. The zero-order valence-corrected chi connectivity index (χ0v) is 9.01. The predicted octanol–water partition coefficient (Wildman–Crippen LogP) is 0.650. The van der Waals surface area contributed by atoms with Crippen LogP contribution in [0.2, 0.25) is 0 Å². The third kappa shape index (κ3) is 2.39. The van der Waals surface area contributed by atoms with Crippen molar-refractivity contribution in [3.63, 3.8) is 0 Å². The van der Waals surface area contributed by atoms with Crippen LogP contribution in [-0.4, -0.2) is 13.5 Å². The van der Waals surface area contributed by atoms with Gasteiger partial charge in [-0.15, -0.1) is 0 Å². The number of nitrogens with zero attached hydrogens (tertiary/aromatic N) is 1. The Morgan fingerprint density at radius 1 is 1.53 bits per heavy atom. The van der Waals surface area contributed by atoms with Gasteiger partial charge in [-0.3, -0.25) is 0 Å². The van der Waals surface area contributed by atoms with Crippen LogP contribution in [0.3, 0.4) is 0 Å². The first-order valence-electron chi connectivity index (χ1n) is 3.81. The molecule has 0 spiro atoms. The topological polar surface area (TPSA) is 104 Å². The molecule has 3 N–H and O–H groups in total. The van der Waals surface area contributed by atoms with Gasteiger partial charge in [0, 0.05) is 17.2 Å². The van der Waals surface area contributed by atoms with E-state index < -0.39 is 19.7 Å². The first-order chi connectivity index (χ1) is 6.90. The van der Waals surface area contributed by atoms with Gasteiger partial charge in [0.05, 0.1) is 11.6 Å². The number of rotatable bonds is 2. The summed E-state index contributed by atoms with van der Waals surface area (Å²) < 4.78 is 22.0. The highest BCUT2D eigenvalue weighted by Crippen LogP contribution is 2.28. The van der Waals surface area contributed by atoms with Crippen molar-refractivity contribution >= 4 is 19.7 Å². The molecule has 5 nitrogen and oxygen atoms in total. The van der Waals surface area contributed by atoms with Crippen LogP contribution in [0.4, 0.5) is 0 Å². The number of nitriles is 1. The highest BCUT2D eigenvalue weighted by molar-refractivity contribution is 8.13. The monoisotopic (exact) mass is 246 g/mol. The van der Waals surface area contributed by atoms with Crippen LogP contribution < -0.4 is 5.73 Å². The van der Waals surface area contributed by atoms with E-state index in [1.807, 2.05) is 0 Å². The van der Waals surface area contributed by atoms with E-state index in [9.17, 15) is 13.5 Å². The minimum atomic E-state index is -4.03. The Balaban J connectivity index is 3.55. The second kappa shape index (κ2) is 4.06. The molecule has 0 amide bonds. The predicted molar refractivity (Wildman–Crippen MR) is 53.8 cm³/mol. The fraction of sp³-hybridized carbons (Fsp3) is 0.125. The van der Waals surface area contributed by atoms with Crippen molar-refractivity contribution in [3.8, 4) is 11.8 Å². The van der Waals surface area contributed by atoms with Crippen molar-refractivity contribution in [1.82, 2.24) is 0 Å². The average molecular weight is 247 g/mol. The summed E-state index contributed by atoms with van der Waals surface area (Å²) in [4.78, 5) is -0.441. The standard InChI is InChI=1S/C8H7ClN2O3S/c9-15(13,14)8-2-6(4-11)5(3-10)1-7(8)12/h1-2,12H,4,11H2. The first kappa shape index (κ1) is 11.8. The Bertz CT molecular complexity index is 534. The molecule has 1 aromatic rings. The summed E-state index contributed by atoms with van der Waals surface area (Å²) in [5.41, 5.74) is 5.76. The molecule has 15 heavy (non-hydrogen) atoms.